The molecule has 0 bridgehead atoms. The molecule has 1 heterocycles. The largest absolute Gasteiger partial charge is 0.508 e. The molecule has 0 spiro atoms. The van der Waals surface area contributed by atoms with E-state index in [9.17, 15) is 34.2 Å². The van der Waals surface area contributed by atoms with E-state index in [1.165, 1.54) is 24.7 Å². The van der Waals surface area contributed by atoms with Gasteiger partial charge in [0.2, 0.25) is 23.6 Å². The monoisotopic (exact) mass is 574 g/mol. The number of aliphatic carboxylic acids is 1. The highest BCUT2D eigenvalue weighted by Crippen LogP contribution is 2.13. The standard InChI is InChI=1S/C26H38N8O7/c27-10-2-1-3-19(26(40)41)32-24(38)20(11-15-4-6-17(35)7-5-15)34-25(39)21(12-16-13-30-14-31-16)33-23(37)18(28)8-9-22(29)36/h4-7,13-14,18-21,35H,1-3,8-12,27-28H2,(H2,29,36)(H,30,31)(H,32,38)(H,33,37)(H,34,39)(H,40,41). The summed E-state index contributed by atoms with van der Waals surface area (Å²) in [4.78, 5) is 69.1. The van der Waals surface area contributed by atoms with Crippen LogP contribution in [0.5, 0.6) is 5.75 Å². The van der Waals surface area contributed by atoms with Gasteiger partial charge in [0, 0.05) is 31.2 Å². The van der Waals surface area contributed by atoms with Crippen molar-refractivity contribution in [2.45, 2.75) is 69.1 Å². The molecule has 0 saturated carbocycles. The molecule has 4 unspecified atom stereocenters. The molecule has 1 aromatic heterocycles. The third-order valence-corrected chi connectivity index (χ3v) is 6.22. The Balaban J connectivity index is 2.26. The number of aromatic amines is 1. The summed E-state index contributed by atoms with van der Waals surface area (Å²) in [5.74, 6) is -4.08. The van der Waals surface area contributed by atoms with Crippen molar-refractivity contribution in [2.24, 2.45) is 17.2 Å². The number of aromatic hydroxyl groups is 1. The minimum Gasteiger partial charge on any atom is -0.508 e. The molecule has 4 amide bonds. The average Bonchev–Trinajstić information content (AvgIpc) is 3.44. The van der Waals surface area contributed by atoms with Gasteiger partial charge in [-0.3, -0.25) is 19.2 Å². The van der Waals surface area contributed by atoms with Crippen LogP contribution in [-0.2, 0) is 36.8 Å². The lowest BCUT2D eigenvalue weighted by atomic mass is 10.0. The summed E-state index contributed by atoms with van der Waals surface area (Å²) in [5.41, 5.74) is 17.6. The van der Waals surface area contributed by atoms with Gasteiger partial charge in [0.05, 0.1) is 12.4 Å². The lowest BCUT2D eigenvalue weighted by molar-refractivity contribution is -0.142. The molecule has 0 aliphatic heterocycles. The van der Waals surface area contributed by atoms with Crippen molar-refractivity contribution in [1.82, 2.24) is 25.9 Å². The van der Waals surface area contributed by atoms with Gasteiger partial charge in [-0.25, -0.2) is 9.78 Å². The molecule has 4 atom stereocenters. The number of carbonyl (C=O) groups is 5. The van der Waals surface area contributed by atoms with Crippen molar-refractivity contribution in [3.63, 3.8) is 0 Å². The maximum Gasteiger partial charge on any atom is 0.326 e. The van der Waals surface area contributed by atoms with Gasteiger partial charge >= 0.3 is 5.97 Å². The number of phenolic OH excluding ortho intramolecular Hbond substituents is 1. The maximum absolute atomic E-state index is 13.5. The molecule has 1 aromatic carbocycles. The second-order valence-electron chi connectivity index (χ2n) is 9.57. The number of hydrogen-bond donors (Lipinski definition) is 9. The van der Waals surface area contributed by atoms with Gasteiger partial charge in [-0.05, 0) is 49.9 Å². The number of carboxylic acids is 1. The number of hydrogen-bond acceptors (Lipinski definition) is 9. The molecule has 2 rings (SSSR count). The van der Waals surface area contributed by atoms with Crippen LogP contribution < -0.4 is 33.2 Å². The number of imidazole rings is 1. The van der Waals surface area contributed by atoms with E-state index in [4.69, 9.17) is 17.2 Å². The Morgan fingerprint density at radius 2 is 1.49 bits per heavy atom. The van der Waals surface area contributed by atoms with Crippen molar-refractivity contribution in [3.8, 4) is 5.75 Å². The van der Waals surface area contributed by atoms with Crippen LogP contribution in [0.25, 0.3) is 0 Å². The van der Waals surface area contributed by atoms with E-state index in [0.29, 0.717) is 30.6 Å². The van der Waals surface area contributed by atoms with Crippen molar-refractivity contribution in [2.75, 3.05) is 6.54 Å². The van der Waals surface area contributed by atoms with Gasteiger partial charge in [-0.15, -0.1) is 0 Å². The van der Waals surface area contributed by atoms with Crippen molar-refractivity contribution < 1.29 is 34.2 Å². The second-order valence-corrected chi connectivity index (χ2v) is 9.57. The highest BCUT2D eigenvalue weighted by Gasteiger charge is 2.31. The Labute approximate surface area is 236 Å². The van der Waals surface area contributed by atoms with E-state index in [1.54, 1.807) is 12.1 Å². The summed E-state index contributed by atoms with van der Waals surface area (Å²) in [6.45, 7) is 0.370. The van der Waals surface area contributed by atoms with E-state index < -0.39 is 53.8 Å². The molecule has 0 fully saturated rings. The number of amides is 4. The lowest BCUT2D eigenvalue weighted by Crippen LogP contribution is -2.58. The number of unbranched alkanes of at least 4 members (excludes halogenated alkanes) is 1. The fourth-order valence-electron chi connectivity index (χ4n) is 3.90. The van der Waals surface area contributed by atoms with Gasteiger partial charge in [0.15, 0.2) is 0 Å². The topological polar surface area (TPSA) is 269 Å². The molecule has 15 nitrogen and oxygen atoms in total. The summed E-state index contributed by atoms with van der Waals surface area (Å²) in [7, 11) is 0. The first kappa shape index (κ1) is 32.7. The lowest BCUT2D eigenvalue weighted by Gasteiger charge is -2.25. The summed E-state index contributed by atoms with van der Waals surface area (Å²) in [5, 5.41) is 26.8. The molecule has 2 aromatic rings. The molecule has 0 aliphatic carbocycles. The van der Waals surface area contributed by atoms with Crippen LogP contribution >= 0.6 is 0 Å². The quantitative estimate of drug-likeness (QED) is 0.0897. The van der Waals surface area contributed by atoms with E-state index in [0.717, 1.165) is 0 Å². The van der Waals surface area contributed by atoms with Crippen molar-refractivity contribution in [3.05, 3.63) is 48.0 Å². The first-order valence-corrected chi connectivity index (χ1v) is 13.1. The number of phenols is 1. The van der Waals surface area contributed by atoms with Gasteiger partial charge < -0.3 is 48.3 Å². The number of benzene rings is 1. The maximum atomic E-state index is 13.5. The summed E-state index contributed by atoms with van der Waals surface area (Å²) in [6, 6.07) is 1.14. The van der Waals surface area contributed by atoms with Crippen LogP contribution in [0.15, 0.2) is 36.8 Å². The number of H-pyrrole nitrogens is 1. The fourth-order valence-corrected chi connectivity index (χ4v) is 3.90. The third kappa shape index (κ3) is 11.6. The Kier molecular flexibility index (Phi) is 13.2. The Morgan fingerprint density at radius 1 is 0.878 bits per heavy atom. The van der Waals surface area contributed by atoms with Gasteiger partial charge in [-0.1, -0.05) is 12.1 Å². The Hall–Kier alpha value is -4.50. The molecule has 41 heavy (non-hydrogen) atoms. The predicted octanol–water partition coefficient (Wildman–Crippen LogP) is -1.84. The minimum absolute atomic E-state index is 0.000333. The molecule has 15 heteroatoms. The predicted molar refractivity (Wildman–Crippen MR) is 147 cm³/mol. The number of carbonyl (C=O) groups excluding carboxylic acids is 4. The normalized spacial score (nSPS) is 13.8. The van der Waals surface area contributed by atoms with Crippen molar-refractivity contribution in [1.29, 1.82) is 0 Å². The molecular weight excluding hydrogens is 536 g/mol. The number of nitrogens with zero attached hydrogens (tertiary/aromatic N) is 1. The summed E-state index contributed by atoms with van der Waals surface area (Å²) in [6.07, 6.45) is 3.78. The first-order valence-electron chi connectivity index (χ1n) is 13.1. The smallest absolute Gasteiger partial charge is 0.326 e. The number of nitrogens with two attached hydrogens (primary N) is 3. The highest BCUT2D eigenvalue weighted by atomic mass is 16.4. The molecule has 0 radical (unpaired) electrons. The van der Waals surface area contributed by atoms with Crippen LogP contribution in [0.3, 0.4) is 0 Å². The van der Waals surface area contributed by atoms with Crippen LogP contribution in [0.4, 0.5) is 0 Å². The number of carboxylic acid groups (broad SMARTS) is 1. The van der Waals surface area contributed by atoms with E-state index in [2.05, 4.69) is 25.9 Å². The second kappa shape index (κ2) is 16.6. The average molecular weight is 575 g/mol. The van der Waals surface area contributed by atoms with E-state index in [-0.39, 0.29) is 37.9 Å². The summed E-state index contributed by atoms with van der Waals surface area (Å²) < 4.78 is 0. The molecular formula is C26H38N8O7. The van der Waals surface area contributed by atoms with Crippen LogP contribution in [0.2, 0.25) is 0 Å². The third-order valence-electron chi connectivity index (χ3n) is 6.22. The Morgan fingerprint density at radius 3 is 2.05 bits per heavy atom. The zero-order chi connectivity index (χ0) is 30.4. The van der Waals surface area contributed by atoms with Gasteiger partial charge in [0.25, 0.3) is 0 Å². The zero-order valence-electron chi connectivity index (χ0n) is 22.5. The number of nitrogens with one attached hydrogen (secondary N) is 4. The summed E-state index contributed by atoms with van der Waals surface area (Å²) >= 11 is 0. The fraction of sp³-hybridized carbons (Fsp3) is 0.462. The number of rotatable bonds is 18. The van der Waals surface area contributed by atoms with Crippen LogP contribution in [0.1, 0.15) is 43.4 Å². The first-order chi connectivity index (χ1) is 19.5. The molecule has 12 N–H and O–H groups in total. The van der Waals surface area contributed by atoms with E-state index >= 15 is 0 Å². The minimum atomic E-state index is -1.24. The van der Waals surface area contributed by atoms with Gasteiger partial charge in [-0.2, -0.15) is 0 Å². The van der Waals surface area contributed by atoms with E-state index in [1.807, 2.05) is 0 Å². The number of primary amides is 1. The van der Waals surface area contributed by atoms with Crippen LogP contribution in [0, 0.1) is 0 Å². The number of aromatic nitrogens is 2. The van der Waals surface area contributed by atoms with Gasteiger partial charge in [0.1, 0.15) is 23.9 Å². The van der Waals surface area contributed by atoms with Crippen molar-refractivity contribution >= 4 is 29.6 Å². The zero-order valence-corrected chi connectivity index (χ0v) is 22.5. The Bertz CT molecular complexity index is 1160. The molecule has 0 aliphatic rings. The SMILES string of the molecule is NCCCCC(NC(=O)C(Cc1ccc(O)cc1)NC(=O)C(Cc1cnc[nH]1)NC(=O)C(N)CCC(N)=O)C(=O)O. The molecule has 224 valence electrons. The van der Waals surface area contributed by atoms with Crippen LogP contribution in [-0.4, -0.2) is 80.5 Å². The highest BCUT2D eigenvalue weighted by molar-refractivity contribution is 5.94. The molecule has 0 saturated heterocycles.